The lowest BCUT2D eigenvalue weighted by molar-refractivity contribution is -0.117. The summed E-state index contributed by atoms with van der Waals surface area (Å²) in [7, 11) is 0. The number of rotatable bonds is 5. The van der Waals surface area contributed by atoms with Crippen LogP contribution in [0.4, 0.5) is 0 Å². The van der Waals surface area contributed by atoms with Crippen LogP contribution in [-0.4, -0.2) is 26.0 Å². The molecule has 0 atom stereocenters. The number of amides is 1. The molecule has 0 radical (unpaired) electrons. The van der Waals surface area contributed by atoms with E-state index in [0.717, 1.165) is 11.3 Å². The van der Waals surface area contributed by atoms with Crippen LogP contribution >= 0.6 is 0 Å². The third-order valence-electron chi connectivity index (χ3n) is 2.74. The standard InChI is InChI=1S/C14H16N4O2/c1-10(2)14(20)15-7-11-3-5-13(6-4-11)18-8-12(9-19)16-17-18/h3-6,8,19H,1,7,9H2,2H3,(H,15,20). The first-order chi connectivity index (χ1) is 9.60. The van der Waals surface area contributed by atoms with Crippen molar-refractivity contribution in [2.45, 2.75) is 20.1 Å². The molecule has 1 aromatic carbocycles. The number of aromatic nitrogens is 3. The van der Waals surface area contributed by atoms with Gasteiger partial charge in [-0.3, -0.25) is 4.79 Å². The molecule has 1 aromatic heterocycles. The number of aliphatic hydroxyl groups is 1. The van der Waals surface area contributed by atoms with Gasteiger partial charge < -0.3 is 10.4 Å². The second kappa shape index (κ2) is 6.12. The Hall–Kier alpha value is -2.47. The highest BCUT2D eigenvalue weighted by Crippen LogP contribution is 2.09. The smallest absolute Gasteiger partial charge is 0.246 e. The SMILES string of the molecule is C=C(C)C(=O)NCc1ccc(-n2cc(CO)nn2)cc1. The van der Waals surface area contributed by atoms with E-state index < -0.39 is 0 Å². The van der Waals surface area contributed by atoms with E-state index >= 15 is 0 Å². The van der Waals surface area contributed by atoms with Gasteiger partial charge in [0, 0.05) is 12.1 Å². The molecule has 0 unspecified atom stereocenters. The zero-order chi connectivity index (χ0) is 14.5. The van der Waals surface area contributed by atoms with Crippen molar-refractivity contribution in [2.75, 3.05) is 0 Å². The van der Waals surface area contributed by atoms with Gasteiger partial charge in [-0.05, 0) is 24.6 Å². The summed E-state index contributed by atoms with van der Waals surface area (Å²) in [5, 5.41) is 19.4. The Morgan fingerprint density at radius 1 is 1.40 bits per heavy atom. The normalized spacial score (nSPS) is 10.3. The van der Waals surface area contributed by atoms with Crippen LogP contribution in [0, 0.1) is 0 Å². The third kappa shape index (κ3) is 3.30. The van der Waals surface area contributed by atoms with E-state index in [0.29, 0.717) is 17.8 Å². The van der Waals surface area contributed by atoms with Crippen molar-refractivity contribution in [1.82, 2.24) is 20.3 Å². The molecule has 0 saturated heterocycles. The van der Waals surface area contributed by atoms with E-state index in [9.17, 15) is 4.79 Å². The maximum absolute atomic E-state index is 11.4. The first-order valence-corrected chi connectivity index (χ1v) is 6.15. The van der Waals surface area contributed by atoms with Gasteiger partial charge in [0.15, 0.2) is 0 Å². The second-order valence-electron chi connectivity index (χ2n) is 4.44. The molecule has 1 heterocycles. The van der Waals surface area contributed by atoms with Gasteiger partial charge in [-0.15, -0.1) is 5.10 Å². The summed E-state index contributed by atoms with van der Waals surface area (Å²) in [5.74, 6) is -0.155. The molecule has 2 aromatic rings. The molecule has 0 aliphatic carbocycles. The van der Waals surface area contributed by atoms with E-state index in [2.05, 4.69) is 22.2 Å². The lowest BCUT2D eigenvalue weighted by Crippen LogP contribution is -2.22. The maximum atomic E-state index is 11.4. The average molecular weight is 272 g/mol. The van der Waals surface area contributed by atoms with Gasteiger partial charge in [0.1, 0.15) is 5.69 Å². The van der Waals surface area contributed by atoms with Crippen LogP contribution in [0.15, 0.2) is 42.6 Å². The Morgan fingerprint density at radius 3 is 2.65 bits per heavy atom. The summed E-state index contributed by atoms with van der Waals surface area (Å²) in [6, 6.07) is 7.54. The summed E-state index contributed by atoms with van der Waals surface area (Å²) in [6.07, 6.45) is 1.66. The summed E-state index contributed by atoms with van der Waals surface area (Å²) in [4.78, 5) is 11.4. The van der Waals surface area contributed by atoms with Crippen LogP contribution in [-0.2, 0) is 17.9 Å². The highest BCUT2D eigenvalue weighted by molar-refractivity contribution is 5.91. The monoisotopic (exact) mass is 272 g/mol. The minimum absolute atomic E-state index is 0.134. The van der Waals surface area contributed by atoms with Crippen LogP contribution in [0.25, 0.3) is 5.69 Å². The molecule has 0 saturated carbocycles. The van der Waals surface area contributed by atoms with Crippen molar-refractivity contribution in [1.29, 1.82) is 0 Å². The van der Waals surface area contributed by atoms with Crippen molar-refractivity contribution in [2.24, 2.45) is 0 Å². The summed E-state index contributed by atoms with van der Waals surface area (Å²) < 4.78 is 1.59. The third-order valence-corrected chi connectivity index (χ3v) is 2.74. The highest BCUT2D eigenvalue weighted by Gasteiger charge is 2.03. The lowest BCUT2D eigenvalue weighted by Gasteiger charge is -2.06. The molecule has 1 amide bonds. The molecule has 20 heavy (non-hydrogen) atoms. The number of nitrogens with zero attached hydrogens (tertiary/aromatic N) is 3. The predicted molar refractivity (Wildman–Crippen MR) is 73.9 cm³/mol. The maximum Gasteiger partial charge on any atom is 0.246 e. The van der Waals surface area contributed by atoms with E-state index in [1.807, 2.05) is 24.3 Å². The molecule has 104 valence electrons. The Kier molecular flexibility index (Phi) is 4.27. The van der Waals surface area contributed by atoms with Gasteiger partial charge in [0.05, 0.1) is 18.5 Å². The van der Waals surface area contributed by atoms with E-state index in [-0.39, 0.29) is 12.5 Å². The van der Waals surface area contributed by atoms with Crippen molar-refractivity contribution in [3.8, 4) is 5.69 Å². The number of carbonyl (C=O) groups excluding carboxylic acids is 1. The van der Waals surface area contributed by atoms with Crippen molar-refractivity contribution in [3.05, 3.63) is 53.9 Å². The summed E-state index contributed by atoms with van der Waals surface area (Å²) in [5.41, 5.74) is 2.82. The molecule has 0 fully saturated rings. The Labute approximate surface area is 116 Å². The minimum Gasteiger partial charge on any atom is -0.390 e. The minimum atomic E-state index is -0.155. The number of aliphatic hydroxyl groups excluding tert-OH is 1. The molecule has 0 bridgehead atoms. The van der Waals surface area contributed by atoms with Crippen LogP contribution < -0.4 is 5.32 Å². The molecular weight excluding hydrogens is 256 g/mol. The highest BCUT2D eigenvalue weighted by atomic mass is 16.3. The molecule has 2 N–H and O–H groups in total. The Bertz CT molecular complexity index is 616. The molecule has 0 spiro atoms. The number of hydrogen-bond acceptors (Lipinski definition) is 4. The fourth-order valence-corrected chi connectivity index (χ4v) is 1.60. The molecule has 0 aliphatic rings. The number of nitrogens with one attached hydrogen (secondary N) is 1. The largest absolute Gasteiger partial charge is 0.390 e. The summed E-state index contributed by atoms with van der Waals surface area (Å²) >= 11 is 0. The fourth-order valence-electron chi connectivity index (χ4n) is 1.60. The lowest BCUT2D eigenvalue weighted by atomic mass is 10.2. The molecule has 2 rings (SSSR count). The zero-order valence-electron chi connectivity index (χ0n) is 11.2. The Morgan fingerprint density at radius 2 is 2.10 bits per heavy atom. The fraction of sp³-hybridized carbons (Fsp3) is 0.214. The zero-order valence-corrected chi connectivity index (χ0v) is 11.2. The Balaban J connectivity index is 2.02. The number of carbonyl (C=O) groups is 1. The summed E-state index contributed by atoms with van der Waals surface area (Å²) in [6.45, 7) is 5.56. The number of hydrogen-bond donors (Lipinski definition) is 2. The van der Waals surface area contributed by atoms with Crippen LogP contribution in [0.5, 0.6) is 0 Å². The molecular formula is C14H16N4O2. The van der Waals surface area contributed by atoms with Gasteiger partial charge in [-0.2, -0.15) is 0 Å². The van der Waals surface area contributed by atoms with E-state index in [1.165, 1.54) is 0 Å². The van der Waals surface area contributed by atoms with Crippen LogP contribution in [0.3, 0.4) is 0 Å². The van der Waals surface area contributed by atoms with Gasteiger partial charge >= 0.3 is 0 Å². The van der Waals surface area contributed by atoms with Crippen molar-refractivity contribution >= 4 is 5.91 Å². The first-order valence-electron chi connectivity index (χ1n) is 6.15. The molecule has 6 nitrogen and oxygen atoms in total. The van der Waals surface area contributed by atoms with Gasteiger partial charge in [-0.25, -0.2) is 4.68 Å². The molecule has 0 aliphatic heterocycles. The topological polar surface area (TPSA) is 80.0 Å². The first kappa shape index (κ1) is 14.0. The van der Waals surface area contributed by atoms with E-state index in [4.69, 9.17) is 5.11 Å². The number of benzene rings is 1. The second-order valence-corrected chi connectivity index (χ2v) is 4.44. The van der Waals surface area contributed by atoms with Gasteiger partial charge in [0.25, 0.3) is 0 Å². The van der Waals surface area contributed by atoms with Gasteiger partial charge in [-0.1, -0.05) is 23.9 Å². The van der Waals surface area contributed by atoms with E-state index in [1.54, 1.807) is 17.8 Å². The average Bonchev–Trinajstić information content (AvgIpc) is 2.94. The quantitative estimate of drug-likeness (QED) is 0.794. The predicted octanol–water partition coefficient (Wildman–Crippen LogP) is 0.952. The van der Waals surface area contributed by atoms with Crippen LogP contribution in [0.2, 0.25) is 0 Å². The van der Waals surface area contributed by atoms with Crippen molar-refractivity contribution < 1.29 is 9.90 Å². The van der Waals surface area contributed by atoms with Crippen LogP contribution in [0.1, 0.15) is 18.2 Å². The molecule has 6 heteroatoms. The van der Waals surface area contributed by atoms with Crippen molar-refractivity contribution in [3.63, 3.8) is 0 Å². The van der Waals surface area contributed by atoms with Gasteiger partial charge in [0.2, 0.25) is 5.91 Å².